The van der Waals surface area contributed by atoms with Crippen LogP contribution in [0, 0.1) is 23.7 Å². The van der Waals surface area contributed by atoms with Crippen LogP contribution >= 0.6 is 0 Å². The van der Waals surface area contributed by atoms with Gasteiger partial charge in [0.05, 0.1) is 5.92 Å². The second kappa shape index (κ2) is 4.63. The molecule has 1 fully saturated rings. The Kier molecular flexibility index (Phi) is 3.36. The van der Waals surface area contributed by atoms with E-state index in [0.29, 0.717) is 18.3 Å². The molecule has 0 bridgehead atoms. The van der Waals surface area contributed by atoms with E-state index in [1.807, 2.05) is 0 Å². The number of carbonyl (C=O) groups excluding carboxylic acids is 1. The maximum Gasteiger partial charge on any atom is 0.306 e. The summed E-state index contributed by atoms with van der Waals surface area (Å²) in [5, 5.41) is 9.14. The summed E-state index contributed by atoms with van der Waals surface area (Å²) in [6, 6.07) is 0. The van der Waals surface area contributed by atoms with Gasteiger partial charge in [0.25, 0.3) is 0 Å². The molecule has 17 heavy (non-hydrogen) atoms. The molecule has 3 nitrogen and oxygen atoms in total. The Hall–Kier alpha value is -1.12. The van der Waals surface area contributed by atoms with Crippen LogP contribution in [0.15, 0.2) is 11.6 Å². The summed E-state index contributed by atoms with van der Waals surface area (Å²) in [5.41, 5.74) is 1.12. The number of hydrogen-bond donors (Lipinski definition) is 1. The molecule has 0 aromatic heterocycles. The van der Waals surface area contributed by atoms with Crippen LogP contribution in [-0.2, 0) is 9.59 Å². The van der Waals surface area contributed by atoms with Gasteiger partial charge in [0.2, 0.25) is 0 Å². The van der Waals surface area contributed by atoms with Gasteiger partial charge in [-0.1, -0.05) is 19.4 Å². The zero-order valence-corrected chi connectivity index (χ0v) is 10.5. The Morgan fingerprint density at radius 3 is 2.76 bits per heavy atom. The highest BCUT2D eigenvalue weighted by molar-refractivity contribution is 5.91. The number of carboxylic acid groups (broad SMARTS) is 1. The van der Waals surface area contributed by atoms with Crippen LogP contribution < -0.4 is 0 Å². The van der Waals surface area contributed by atoms with Crippen molar-refractivity contribution >= 4 is 11.8 Å². The molecule has 0 aromatic rings. The predicted octanol–water partition coefficient (Wildman–Crippen LogP) is 2.66. The molecule has 0 amide bonds. The maximum atomic E-state index is 11.5. The molecular weight excluding hydrogens is 216 g/mol. The van der Waals surface area contributed by atoms with Crippen molar-refractivity contribution in [3.63, 3.8) is 0 Å². The molecule has 0 aromatic carbocycles. The molecular formula is C14H20O3. The minimum atomic E-state index is -0.748. The van der Waals surface area contributed by atoms with E-state index < -0.39 is 5.97 Å². The highest BCUT2D eigenvalue weighted by Gasteiger charge is 2.39. The van der Waals surface area contributed by atoms with Gasteiger partial charge in [0.1, 0.15) is 0 Å². The molecule has 0 spiro atoms. The number of carboxylic acids is 1. The van der Waals surface area contributed by atoms with Gasteiger partial charge in [-0.15, -0.1) is 0 Å². The van der Waals surface area contributed by atoms with Crippen molar-refractivity contribution in [2.75, 3.05) is 0 Å². The van der Waals surface area contributed by atoms with Gasteiger partial charge in [-0.2, -0.15) is 0 Å². The second-order valence-electron chi connectivity index (χ2n) is 5.54. The molecule has 94 valence electrons. The van der Waals surface area contributed by atoms with Crippen LogP contribution in [0.25, 0.3) is 0 Å². The first kappa shape index (κ1) is 12.3. The highest BCUT2D eigenvalue weighted by atomic mass is 16.4. The molecule has 2 aliphatic rings. The largest absolute Gasteiger partial charge is 0.481 e. The molecule has 1 N–H and O–H groups in total. The summed E-state index contributed by atoms with van der Waals surface area (Å²) in [5.74, 6) is 0.148. The van der Waals surface area contributed by atoms with Crippen LogP contribution in [0.5, 0.6) is 0 Å². The number of carbonyl (C=O) groups is 2. The lowest BCUT2D eigenvalue weighted by Gasteiger charge is -2.40. The van der Waals surface area contributed by atoms with Crippen molar-refractivity contribution in [2.24, 2.45) is 23.7 Å². The molecule has 3 heteroatoms. The van der Waals surface area contributed by atoms with Crippen LogP contribution in [-0.4, -0.2) is 16.9 Å². The van der Waals surface area contributed by atoms with Crippen LogP contribution in [0.1, 0.15) is 39.5 Å². The molecule has 0 unspecified atom stereocenters. The van der Waals surface area contributed by atoms with Crippen molar-refractivity contribution in [3.8, 4) is 0 Å². The Labute approximate surface area is 102 Å². The third kappa shape index (κ3) is 2.28. The number of allylic oxidation sites excluding steroid dienone is 2. The third-order valence-electron chi connectivity index (χ3n) is 4.50. The Bertz CT molecular complexity index is 370. The van der Waals surface area contributed by atoms with Gasteiger partial charge in [-0.3, -0.25) is 9.59 Å². The second-order valence-corrected chi connectivity index (χ2v) is 5.54. The first-order chi connectivity index (χ1) is 8.00. The Balaban J connectivity index is 2.28. The van der Waals surface area contributed by atoms with E-state index in [4.69, 9.17) is 5.11 Å². The standard InChI is InChI=1S/C14H20O3/c1-8-3-5-12(9(2)14(16)17)13-7-10(15)4-6-11(8)13/h7-9,11-12H,3-6H2,1-2H3,(H,16,17)/t8-,9-,11+,12-/m1/s1. The fourth-order valence-corrected chi connectivity index (χ4v) is 3.35. The minimum absolute atomic E-state index is 0.0675. The van der Waals surface area contributed by atoms with Crippen molar-refractivity contribution in [1.29, 1.82) is 0 Å². The third-order valence-corrected chi connectivity index (χ3v) is 4.50. The number of rotatable bonds is 2. The van der Waals surface area contributed by atoms with E-state index in [1.54, 1.807) is 13.0 Å². The molecule has 1 saturated carbocycles. The fourth-order valence-electron chi connectivity index (χ4n) is 3.35. The normalized spacial score (nSPS) is 34.8. The first-order valence-electron chi connectivity index (χ1n) is 6.47. The summed E-state index contributed by atoms with van der Waals surface area (Å²) in [4.78, 5) is 22.7. The molecule has 2 aliphatic carbocycles. The lowest BCUT2D eigenvalue weighted by atomic mass is 9.64. The molecule has 0 heterocycles. The highest BCUT2D eigenvalue weighted by Crippen LogP contribution is 2.45. The van der Waals surface area contributed by atoms with Gasteiger partial charge in [0.15, 0.2) is 5.78 Å². The van der Waals surface area contributed by atoms with Gasteiger partial charge in [-0.05, 0) is 43.1 Å². The first-order valence-corrected chi connectivity index (χ1v) is 6.47. The van der Waals surface area contributed by atoms with Crippen LogP contribution in [0.4, 0.5) is 0 Å². The summed E-state index contributed by atoms with van der Waals surface area (Å²) >= 11 is 0. The van der Waals surface area contributed by atoms with E-state index in [-0.39, 0.29) is 17.6 Å². The smallest absolute Gasteiger partial charge is 0.306 e. The zero-order valence-electron chi connectivity index (χ0n) is 10.5. The van der Waals surface area contributed by atoms with Crippen molar-refractivity contribution in [3.05, 3.63) is 11.6 Å². The molecule has 0 saturated heterocycles. The zero-order chi connectivity index (χ0) is 12.6. The molecule has 4 atom stereocenters. The maximum absolute atomic E-state index is 11.5. The summed E-state index contributed by atoms with van der Waals surface area (Å²) in [6.07, 6.45) is 5.28. The monoisotopic (exact) mass is 236 g/mol. The predicted molar refractivity (Wildman–Crippen MR) is 64.5 cm³/mol. The van der Waals surface area contributed by atoms with E-state index in [2.05, 4.69) is 6.92 Å². The molecule has 0 radical (unpaired) electrons. The van der Waals surface area contributed by atoms with Crippen molar-refractivity contribution in [1.82, 2.24) is 0 Å². The number of fused-ring (bicyclic) bond motifs is 1. The van der Waals surface area contributed by atoms with Gasteiger partial charge < -0.3 is 5.11 Å². The van der Waals surface area contributed by atoms with Crippen molar-refractivity contribution in [2.45, 2.75) is 39.5 Å². The van der Waals surface area contributed by atoms with Gasteiger partial charge in [0, 0.05) is 6.42 Å². The fraction of sp³-hybridized carbons (Fsp3) is 0.714. The SMILES string of the molecule is C[C@@H]1CC[C@H]([C@@H](C)C(=O)O)C2=CC(=O)CC[C@H]21. The summed E-state index contributed by atoms with van der Waals surface area (Å²) < 4.78 is 0. The van der Waals surface area contributed by atoms with E-state index >= 15 is 0 Å². The number of aliphatic carboxylic acids is 1. The Morgan fingerprint density at radius 2 is 2.12 bits per heavy atom. The lowest BCUT2D eigenvalue weighted by Crippen LogP contribution is -2.35. The van der Waals surface area contributed by atoms with Crippen LogP contribution in [0.3, 0.4) is 0 Å². The molecule has 2 rings (SSSR count). The van der Waals surface area contributed by atoms with Crippen LogP contribution in [0.2, 0.25) is 0 Å². The summed E-state index contributed by atoms with van der Waals surface area (Å²) in [7, 11) is 0. The lowest BCUT2D eigenvalue weighted by molar-refractivity contribution is -0.143. The molecule has 0 aliphatic heterocycles. The topological polar surface area (TPSA) is 54.4 Å². The number of hydrogen-bond acceptors (Lipinski definition) is 2. The van der Waals surface area contributed by atoms with Gasteiger partial charge in [-0.25, -0.2) is 0 Å². The summed E-state index contributed by atoms with van der Waals surface area (Å²) in [6.45, 7) is 3.98. The van der Waals surface area contributed by atoms with Gasteiger partial charge >= 0.3 is 5.97 Å². The average molecular weight is 236 g/mol. The minimum Gasteiger partial charge on any atom is -0.481 e. The number of ketones is 1. The van der Waals surface area contributed by atoms with E-state index in [0.717, 1.165) is 24.8 Å². The Morgan fingerprint density at radius 1 is 1.41 bits per heavy atom. The quantitative estimate of drug-likeness (QED) is 0.802. The van der Waals surface area contributed by atoms with E-state index in [1.165, 1.54) is 0 Å². The van der Waals surface area contributed by atoms with Crippen molar-refractivity contribution < 1.29 is 14.7 Å². The van der Waals surface area contributed by atoms with E-state index in [9.17, 15) is 9.59 Å². The average Bonchev–Trinajstić information content (AvgIpc) is 2.28.